The van der Waals surface area contributed by atoms with Gasteiger partial charge in [0.15, 0.2) is 0 Å². The Morgan fingerprint density at radius 1 is 1.35 bits per heavy atom. The number of nitrogens with zero attached hydrogens (tertiary/aromatic N) is 1. The minimum Gasteiger partial charge on any atom is -0.327 e. The topological polar surface area (TPSA) is 38.9 Å². The fraction of sp³-hybridized carbons (Fsp3) is 0.615. The van der Waals surface area contributed by atoms with Crippen molar-refractivity contribution in [2.45, 2.75) is 44.1 Å². The van der Waals surface area contributed by atoms with Gasteiger partial charge in [0.1, 0.15) is 0 Å². The Bertz CT molecular complexity index is 344. The van der Waals surface area contributed by atoms with E-state index in [1.165, 1.54) is 0 Å². The number of halogens is 2. The molecule has 1 saturated carbocycles. The van der Waals surface area contributed by atoms with Crippen LogP contribution in [0, 0.1) is 5.92 Å². The minimum absolute atomic E-state index is 0.0203. The van der Waals surface area contributed by atoms with E-state index >= 15 is 0 Å². The summed E-state index contributed by atoms with van der Waals surface area (Å²) < 4.78 is 26.0. The monoisotopic (exact) mass is 240 g/mol. The van der Waals surface area contributed by atoms with Crippen molar-refractivity contribution in [3.63, 3.8) is 0 Å². The predicted octanol–water partition coefficient (Wildman–Crippen LogP) is 2.78. The first-order chi connectivity index (χ1) is 8.07. The second-order valence-corrected chi connectivity index (χ2v) is 4.88. The van der Waals surface area contributed by atoms with E-state index in [2.05, 4.69) is 4.98 Å². The first-order valence-electron chi connectivity index (χ1n) is 6.10. The van der Waals surface area contributed by atoms with Crippen LogP contribution >= 0.6 is 0 Å². The highest BCUT2D eigenvalue weighted by Crippen LogP contribution is 2.37. The van der Waals surface area contributed by atoms with Gasteiger partial charge in [0.2, 0.25) is 5.92 Å². The lowest BCUT2D eigenvalue weighted by atomic mass is 9.81. The molecule has 0 saturated heterocycles. The summed E-state index contributed by atoms with van der Waals surface area (Å²) in [5, 5.41) is 0. The molecule has 17 heavy (non-hydrogen) atoms. The lowest BCUT2D eigenvalue weighted by molar-refractivity contribution is -0.0481. The van der Waals surface area contributed by atoms with Crippen LogP contribution in [0.4, 0.5) is 8.78 Å². The molecule has 1 atom stereocenters. The van der Waals surface area contributed by atoms with E-state index in [-0.39, 0.29) is 24.8 Å². The van der Waals surface area contributed by atoms with E-state index in [9.17, 15) is 8.78 Å². The summed E-state index contributed by atoms with van der Waals surface area (Å²) in [6.07, 6.45) is 3.43. The summed E-state index contributed by atoms with van der Waals surface area (Å²) in [5.41, 5.74) is 7.03. The van der Waals surface area contributed by atoms with Gasteiger partial charge in [-0.3, -0.25) is 4.98 Å². The summed E-state index contributed by atoms with van der Waals surface area (Å²) in [6, 6.07) is 5.65. The molecule has 0 spiro atoms. The molecular weight excluding hydrogens is 222 g/mol. The SMILES string of the molecule is NC(Cc1ccccn1)C1CCC(F)(F)CC1. The summed E-state index contributed by atoms with van der Waals surface area (Å²) in [6.45, 7) is 0. The highest BCUT2D eigenvalue weighted by atomic mass is 19.3. The van der Waals surface area contributed by atoms with Gasteiger partial charge in [0.25, 0.3) is 0 Å². The molecule has 0 bridgehead atoms. The van der Waals surface area contributed by atoms with Crippen molar-refractivity contribution in [1.82, 2.24) is 4.98 Å². The van der Waals surface area contributed by atoms with Gasteiger partial charge in [-0.25, -0.2) is 8.78 Å². The first kappa shape index (κ1) is 12.4. The van der Waals surface area contributed by atoms with Crippen LogP contribution in [0.1, 0.15) is 31.4 Å². The molecule has 1 aromatic rings. The van der Waals surface area contributed by atoms with Gasteiger partial charge in [-0.2, -0.15) is 0 Å². The van der Waals surface area contributed by atoms with Gasteiger partial charge in [-0.1, -0.05) is 6.07 Å². The highest BCUT2D eigenvalue weighted by Gasteiger charge is 2.36. The number of hydrogen-bond acceptors (Lipinski definition) is 2. The van der Waals surface area contributed by atoms with Gasteiger partial charge in [-0.15, -0.1) is 0 Å². The van der Waals surface area contributed by atoms with Crippen molar-refractivity contribution in [2.75, 3.05) is 0 Å². The standard InChI is InChI=1S/C13H18F2N2/c14-13(15)6-4-10(5-7-13)12(16)9-11-3-1-2-8-17-11/h1-3,8,10,12H,4-7,9,16H2. The maximum atomic E-state index is 13.0. The summed E-state index contributed by atoms with van der Waals surface area (Å²) in [7, 11) is 0. The maximum Gasteiger partial charge on any atom is 0.248 e. The Balaban J connectivity index is 1.87. The summed E-state index contributed by atoms with van der Waals surface area (Å²) in [4.78, 5) is 4.21. The molecule has 0 amide bonds. The molecule has 1 aliphatic carbocycles. The zero-order valence-electron chi connectivity index (χ0n) is 9.78. The third kappa shape index (κ3) is 3.46. The van der Waals surface area contributed by atoms with E-state index in [1.807, 2.05) is 18.2 Å². The Kier molecular flexibility index (Phi) is 3.72. The van der Waals surface area contributed by atoms with E-state index < -0.39 is 5.92 Å². The van der Waals surface area contributed by atoms with Gasteiger partial charge >= 0.3 is 0 Å². The number of hydrogen-bond donors (Lipinski definition) is 1. The Morgan fingerprint density at radius 3 is 2.65 bits per heavy atom. The molecule has 2 N–H and O–H groups in total. The largest absolute Gasteiger partial charge is 0.327 e. The zero-order chi connectivity index (χ0) is 12.3. The summed E-state index contributed by atoms with van der Waals surface area (Å²) >= 11 is 0. The van der Waals surface area contributed by atoms with E-state index in [0.29, 0.717) is 19.3 Å². The van der Waals surface area contributed by atoms with Crippen molar-refractivity contribution in [2.24, 2.45) is 11.7 Å². The number of pyridine rings is 1. The van der Waals surface area contributed by atoms with E-state index in [0.717, 1.165) is 5.69 Å². The Morgan fingerprint density at radius 2 is 2.06 bits per heavy atom. The Labute approximate surface area is 100 Å². The number of aromatic nitrogens is 1. The van der Waals surface area contributed by atoms with Crippen LogP contribution in [0.5, 0.6) is 0 Å². The fourth-order valence-corrected chi connectivity index (χ4v) is 2.42. The molecule has 1 aromatic heterocycles. The zero-order valence-corrected chi connectivity index (χ0v) is 9.78. The van der Waals surface area contributed by atoms with Gasteiger partial charge in [-0.05, 0) is 30.9 Å². The van der Waals surface area contributed by atoms with E-state index in [4.69, 9.17) is 5.73 Å². The molecule has 2 rings (SSSR count). The Hall–Kier alpha value is -1.03. The molecule has 0 radical (unpaired) electrons. The fourth-order valence-electron chi connectivity index (χ4n) is 2.42. The molecule has 1 fully saturated rings. The van der Waals surface area contributed by atoms with Crippen LogP contribution in [0.15, 0.2) is 24.4 Å². The van der Waals surface area contributed by atoms with Gasteiger partial charge in [0.05, 0.1) is 0 Å². The molecule has 1 heterocycles. The minimum atomic E-state index is -2.47. The van der Waals surface area contributed by atoms with Crippen LogP contribution in [-0.4, -0.2) is 16.9 Å². The lowest BCUT2D eigenvalue weighted by Gasteiger charge is -2.31. The van der Waals surface area contributed by atoms with Crippen LogP contribution in [0.3, 0.4) is 0 Å². The lowest BCUT2D eigenvalue weighted by Crippen LogP contribution is -2.37. The highest BCUT2D eigenvalue weighted by molar-refractivity contribution is 5.05. The molecule has 2 nitrogen and oxygen atoms in total. The number of rotatable bonds is 3. The number of nitrogens with two attached hydrogens (primary N) is 1. The average molecular weight is 240 g/mol. The maximum absolute atomic E-state index is 13.0. The molecule has 4 heteroatoms. The molecule has 94 valence electrons. The van der Waals surface area contributed by atoms with Crippen LogP contribution in [0.2, 0.25) is 0 Å². The second-order valence-electron chi connectivity index (χ2n) is 4.88. The van der Waals surface area contributed by atoms with E-state index in [1.54, 1.807) is 6.20 Å². The third-order valence-corrected chi connectivity index (χ3v) is 3.54. The van der Waals surface area contributed by atoms with Crippen molar-refractivity contribution < 1.29 is 8.78 Å². The average Bonchev–Trinajstić information content (AvgIpc) is 2.30. The molecule has 1 unspecified atom stereocenters. The molecule has 0 aromatic carbocycles. The van der Waals surface area contributed by atoms with Crippen LogP contribution in [-0.2, 0) is 6.42 Å². The first-order valence-corrected chi connectivity index (χ1v) is 6.10. The van der Waals surface area contributed by atoms with Gasteiger partial charge in [0, 0.05) is 37.2 Å². The third-order valence-electron chi connectivity index (χ3n) is 3.54. The summed E-state index contributed by atoms with van der Waals surface area (Å²) in [5.74, 6) is -2.27. The quantitative estimate of drug-likeness (QED) is 0.882. The van der Waals surface area contributed by atoms with Crippen LogP contribution < -0.4 is 5.73 Å². The van der Waals surface area contributed by atoms with Gasteiger partial charge < -0.3 is 5.73 Å². The normalized spacial score (nSPS) is 22.3. The molecular formula is C13H18F2N2. The van der Waals surface area contributed by atoms with Crippen molar-refractivity contribution in [3.8, 4) is 0 Å². The number of alkyl halides is 2. The smallest absolute Gasteiger partial charge is 0.248 e. The van der Waals surface area contributed by atoms with Crippen molar-refractivity contribution >= 4 is 0 Å². The molecule has 1 aliphatic rings. The van der Waals surface area contributed by atoms with Crippen molar-refractivity contribution in [1.29, 1.82) is 0 Å². The predicted molar refractivity (Wildman–Crippen MR) is 62.8 cm³/mol. The second kappa shape index (κ2) is 5.08. The van der Waals surface area contributed by atoms with Crippen molar-refractivity contribution in [3.05, 3.63) is 30.1 Å². The van der Waals surface area contributed by atoms with Crippen LogP contribution in [0.25, 0.3) is 0 Å². The molecule has 0 aliphatic heterocycles.